The van der Waals surface area contributed by atoms with Crippen molar-refractivity contribution in [3.8, 4) is 0 Å². The minimum absolute atomic E-state index is 0.0498. The highest BCUT2D eigenvalue weighted by Crippen LogP contribution is 2.17. The number of furan rings is 1. The number of amides is 2. The lowest BCUT2D eigenvalue weighted by molar-refractivity contribution is -0.124. The molecule has 0 aliphatic heterocycles. The molecule has 2 rings (SSSR count). The third kappa shape index (κ3) is 5.20. The normalized spacial score (nSPS) is 13.5. The van der Waals surface area contributed by atoms with E-state index < -0.39 is 11.9 Å². The Morgan fingerprint density at radius 2 is 1.77 bits per heavy atom. The Kier molecular flexibility index (Phi) is 6.97. The summed E-state index contributed by atoms with van der Waals surface area (Å²) < 4.78 is 5.09. The van der Waals surface area contributed by atoms with Crippen molar-refractivity contribution < 1.29 is 14.0 Å². The zero-order valence-corrected chi connectivity index (χ0v) is 15.7. The highest BCUT2D eigenvalue weighted by atomic mass is 16.3. The Bertz CT molecular complexity index is 696. The minimum Gasteiger partial charge on any atom is -0.459 e. The molecule has 2 amide bonds. The van der Waals surface area contributed by atoms with E-state index in [2.05, 4.69) is 15.5 Å². The van der Waals surface area contributed by atoms with Crippen LogP contribution >= 0.6 is 0 Å². The molecule has 26 heavy (non-hydrogen) atoms. The SMILES string of the molecule is CC(C)C(NC(=O)c1ccco1)C(=O)NCC(c1ccccc1)N(C)C. The Hall–Kier alpha value is -2.60. The molecule has 2 atom stereocenters. The second-order valence-corrected chi connectivity index (χ2v) is 6.81. The maximum absolute atomic E-state index is 12.7. The molecular weight excluding hydrogens is 330 g/mol. The Balaban J connectivity index is 2.01. The highest BCUT2D eigenvalue weighted by molar-refractivity contribution is 5.95. The van der Waals surface area contributed by atoms with Crippen LogP contribution in [0.5, 0.6) is 0 Å². The first-order chi connectivity index (χ1) is 12.4. The number of nitrogens with zero attached hydrogens (tertiary/aromatic N) is 1. The smallest absolute Gasteiger partial charge is 0.287 e. The van der Waals surface area contributed by atoms with Crippen molar-refractivity contribution >= 4 is 11.8 Å². The highest BCUT2D eigenvalue weighted by Gasteiger charge is 2.26. The van der Waals surface area contributed by atoms with Gasteiger partial charge in [0.2, 0.25) is 5.91 Å². The molecule has 0 spiro atoms. The zero-order chi connectivity index (χ0) is 19.1. The van der Waals surface area contributed by atoms with Crippen LogP contribution in [0.3, 0.4) is 0 Å². The molecule has 0 bridgehead atoms. The summed E-state index contributed by atoms with van der Waals surface area (Å²) in [6, 6.07) is 12.6. The van der Waals surface area contributed by atoms with Gasteiger partial charge in [0, 0.05) is 6.54 Å². The van der Waals surface area contributed by atoms with Gasteiger partial charge in [-0.15, -0.1) is 0 Å². The van der Waals surface area contributed by atoms with Gasteiger partial charge in [-0.05, 0) is 37.7 Å². The molecule has 0 fully saturated rings. The second-order valence-electron chi connectivity index (χ2n) is 6.81. The molecule has 0 aliphatic carbocycles. The van der Waals surface area contributed by atoms with Crippen molar-refractivity contribution in [2.24, 2.45) is 5.92 Å². The third-order valence-corrected chi connectivity index (χ3v) is 4.26. The fraction of sp³-hybridized carbons (Fsp3) is 0.400. The number of benzene rings is 1. The average molecular weight is 357 g/mol. The summed E-state index contributed by atoms with van der Waals surface area (Å²) in [5.74, 6) is -0.457. The fourth-order valence-corrected chi connectivity index (χ4v) is 2.74. The molecule has 2 N–H and O–H groups in total. The Morgan fingerprint density at radius 1 is 1.08 bits per heavy atom. The van der Waals surface area contributed by atoms with Crippen LogP contribution < -0.4 is 10.6 Å². The maximum atomic E-state index is 12.7. The molecule has 0 aliphatic rings. The second kappa shape index (κ2) is 9.20. The summed E-state index contributed by atoms with van der Waals surface area (Å²) >= 11 is 0. The lowest BCUT2D eigenvalue weighted by atomic mass is 10.0. The fourth-order valence-electron chi connectivity index (χ4n) is 2.74. The van der Waals surface area contributed by atoms with E-state index >= 15 is 0 Å². The lowest BCUT2D eigenvalue weighted by Crippen LogP contribution is -2.50. The van der Waals surface area contributed by atoms with E-state index in [1.165, 1.54) is 6.26 Å². The average Bonchev–Trinajstić information content (AvgIpc) is 3.14. The van der Waals surface area contributed by atoms with Crippen LogP contribution in [-0.2, 0) is 4.79 Å². The Labute approximate surface area is 154 Å². The van der Waals surface area contributed by atoms with Gasteiger partial charge < -0.3 is 20.0 Å². The monoisotopic (exact) mass is 357 g/mol. The van der Waals surface area contributed by atoms with Crippen molar-refractivity contribution in [2.45, 2.75) is 25.9 Å². The molecule has 2 unspecified atom stereocenters. The predicted molar refractivity (Wildman–Crippen MR) is 101 cm³/mol. The number of nitrogens with one attached hydrogen (secondary N) is 2. The number of hydrogen-bond donors (Lipinski definition) is 2. The maximum Gasteiger partial charge on any atom is 0.287 e. The molecule has 140 valence electrons. The van der Waals surface area contributed by atoms with Crippen LogP contribution in [0, 0.1) is 5.92 Å². The van der Waals surface area contributed by atoms with E-state index in [-0.39, 0.29) is 23.6 Å². The predicted octanol–water partition coefficient (Wildman–Crippen LogP) is 2.45. The first-order valence-electron chi connectivity index (χ1n) is 8.73. The van der Waals surface area contributed by atoms with Gasteiger partial charge in [-0.1, -0.05) is 44.2 Å². The summed E-state index contributed by atoms with van der Waals surface area (Å²) in [5, 5.41) is 5.72. The van der Waals surface area contributed by atoms with Crippen LogP contribution in [0.4, 0.5) is 0 Å². The zero-order valence-electron chi connectivity index (χ0n) is 15.7. The van der Waals surface area contributed by atoms with E-state index in [9.17, 15) is 9.59 Å². The molecule has 0 saturated heterocycles. The molecule has 2 aromatic rings. The molecule has 1 aromatic heterocycles. The van der Waals surface area contributed by atoms with E-state index in [0.29, 0.717) is 6.54 Å². The minimum atomic E-state index is -0.633. The van der Waals surface area contributed by atoms with Crippen molar-refractivity contribution in [1.82, 2.24) is 15.5 Å². The van der Waals surface area contributed by atoms with Crippen LogP contribution in [0.1, 0.15) is 36.0 Å². The standard InChI is InChI=1S/C20H27N3O3/c1-14(2)18(22-19(24)17-11-8-12-26-17)20(25)21-13-16(23(3)4)15-9-6-5-7-10-15/h5-12,14,16,18H,13H2,1-4H3,(H,21,25)(H,22,24). The first-order valence-corrected chi connectivity index (χ1v) is 8.73. The van der Waals surface area contributed by atoms with Gasteiger partial charge in [0.05, 0.1) is 12.3 Å². The summed E-state index contributed by atoms with van der Waals surface area (Å²) in [4.78, 5) is 26.9. The van der Waals surface area contributed by atoms with Crippen molar-refractivity contribution in [2.75, 3.05) is 20.6 Å². The molecule has 6 nitrogen and oxygen atoms in total. The largest absolute Gasteiger partial charge is 0.459 e. The lowest BCUT2D eigenvalue weighted by Gasteiger charge is -2.27. The van der Waals surface area contributed by atoms with Crippen molar-refractivity contribution in [3.63, 3.8) is 0 Å². The van der Waals surface area contributed by atoms with Crippen LogP contribution in [0.15, 0.2) is 53.1 Å². The quantitative estimate of drug-likeness (QED) is 0.761. The summed E-state index contributed by atoms with van der Waals surface area (Å²) in [7, 11) is 3.95. The molecule has 6 heteroatoms. The number of likely N-dealkylation sites (N-methyl/N-ethyl adjacent to an activating group) is 1. The molecule has 1 heterocycles. The first kappa shape index (κ1) is 19.7. The van der Waals surface area contributed by atoms with E-state index in [1.807, 2.05) is 58.3 Å². The van der Waals surface area contributed by atoms with Crippen LogP contribution in [0.2, 0.25) is 0 Å². The van der Waals surface area contributed by atoms with Gasteiger partial charge >= 0.3 is 0 Å². The van der Waals surface area contributed by atoms with Gasteiger partial charge in [0.1, 0.15) is 6.04 Å². The molecule has 1 aromatic carbocycles. The van der Waals surface area contributed by atoms with E-state index in [0.717, 1.165) is 5.56 Å². The number of carbonyl (C=O) groups excluding carboxylic acids is 2. The van der Waals surface area contributed by atoms with Crippen LogP contribution in [0.25, 0.3) is 0 Å². The summed E-state index contributed by atoms with van der Waals surface area (Å²) in [6.45, 7) is 4.25. The number of carbonyl (C=O) groups is 2. The van der Waals surface area contributed by atoms with Gasteiger partial charge in [-0.3, -0.25) is 9.59 Å². The van der Waals surface area contributed by atoms with Gasteiger partial charge in [0.15, 0.2) is 5.76 Å². The molecule has 0 radical (unpaired) electrons. The Morgan fingerprint density at radius 3 is 2.31 bits per heavy atom. The van der Waals surface area contributed by atoms with Gasteiger partial charge in [-0.25, -0.2) is 0 Å². The number of hydrogen-bond acceptors (Lipinski definition) is 4. The van der Waals surface area contributed by atoms with Crippen LogP contribution in [-0.4, -0.2) is 43.4 Å². The van der Waals surface area contributed by atoms with Gasteiger partial charge in [0.25, 0.3) is 5.91 Å². The topological polar surface area (TPSA) is 74.6 Å². The third-order valence-electron chi connectivity index (χ3n) is 4.26. The van der Waals surface area contributed by atoms with E-state index in [4.69, 9.17) is 4.42 Å². The summed E-state index contributed by atoms with van der Waals surface area (Å²) in [5.41, 5.74) is 1.12. The number of rotatable bonds is 8. The molecule has 0 saturated carbocycles. The van der Waals surface area contributed by atoms with Crippen molar-refractivity contribution in [3.05, 3.63) is 60.1 Å². The van der Waals surface area contributed by atoms with Gasteiger partial charge in [-0.2, -0.15) is 0 Å². The van der Waals surface area contributed by atoms with Crippen molar-refractivity contribution in [1.29, 1.82) is 0 Å². The molecular formula is C20H27N3O3. The van der Waals surface area contributed by atoms with E-state index in [1.54, 1.807) is 12.1 Å². The summed E-state index contributed by atoms with van der Waals surface area (Å²) in [6.07, 6.45) is 1.43.